The van der Waals surface area contributed by atoms with Crippen LogP contribution in [0.1, 0.15) is 11.1 Å². The minimum atomic E-state index is 0.444. The maximum absolute atomic E-state index is 5.94. The molecule has 0 radical (unpaired) electrons. The van der Waals surface area contributed by atoms with Crippen molar-refractivity contribution >= 4 is 11.6 Å². The van der Waals surface area contributed by atoms with Gasteiger partial charge in [0.15, 0.2) is 0 Å². The van der Waals surface area contributed by atoms with Gasteiger partial charge in [0.25, 0.3) is 0 Å². The first-order valence-electron chi connectivity index (χ1n) is 5.78. The van der Waals surface area contributed by atoms with Crippen molar-refractivity contribution in [3.05, 3.63) is 46.7 Å². The van der Waals surface area contributed by atoms with Gasteiger partial charge >= 0.3 is 0 Å². The van der Waals surface area contributed by atoms with Crippen LogP contribution < -0.4 is 10.5 Å². The third-order valence-electron chi connectivity index (χ3n) is 2.66. The molecule has 1 aromatic heterocycles. The number of aryl methyl sites for hydroxylation is 1. The van der Waals surface area contributed by atoms with Crippen molar-refractivity contribution in [3.8, 4) is 5.75 Å². The zero-order valence-corrected chi connectivity index (χ0v) is 11.0. The molecule has 0 aliphatic heterocycles. The summed E-state index contributed by atoms with van der Waals surface area (Å²) >= 11 is 5.94. The third kappa shape index (κ3) is 3.24. The van der Waals surface area contributed by atoms with Gasteiger partial charge in [-0.15, -0.1) is 0 Å². The molecule has 2 aromatic rings. The molecule has 0 unspecified atom stereocenters. The van der Waals surface area contributed by atoms with Gasteiger partial charge in [-0.3, -0.25) is 4.68 Å². The Hall–Kier alpha value is -1.52. The van der Waals surface area contributed by atoms with Gasteiger partial charge < -0.3 is 10.5 Å². The molecule has 2 rings (SSSR count). The molecule has 2 N–H and O–H groups in total. The minimum absolute atomic E-state index is 0.444. The van der Waals surface area contributed by atoms with Crippen LogP contribution >= 0.6 is 11.6 Å². The lowest BCUT2D eigenvalue weighted by Crippen LogP contribution is -2.05. The first-order chi connectivity index (χ1) is 8.69. The quantitative estimate of drug-likeness (QED) is 0.901. The number of aromatic nitrogens is 2. The molecule has 18 heavy (non-hydrogen) atoms. The molecule has 0 fully saturated rings. The van der Waals surface area contributed by atoms with Crippen LogP contribution in [0.4, 0.5) is 0 Å². The van der Waals surface area contributed by atoms with Gasteiger partial charge in [-0.2, -0.15) is 5.10 Å². The first kappa shape index (κ1) is 12.9. The van der Waals surface area contributed by atoms with Crippen molar-refractivity contribution in [2.75, 3.05) is 6.61 Å². The van der Waals surface area contributed by atoms with E-state index in [1.54, 1.807) is 10.7 Å². The van der Waals surface area contributed by atoms with E-state index in [0.717, 1.165) is 23.3 Å². The van der Waals surface area contributed by atoms with Crippen LogP contribution in [0, 0.1) is 0 Å². The van der Waals surface area contributed by atoms with E-state index in [0.29, 0.717) is 18.2 Å². The molecule has 5 heteroatoms. The molecule has 4 nitrogen and oxygen atoms in total. The zero-order valence-electron chi connectivity index (χ0n) is 10.3. The van der Waals surface area contributed by atoms with Gasteiger partial charge in [0.05, 0.1) is 12.8 Å². The Bertz CT molecular complexity index is 525. The predicted octanol–water partition coefficient (Wildman–Crippen LogP) is 2.15. The van der Waals surface area contributed by atoms with Gasteiger partial charge in [0.2, 0.25) is 0 Å². The molecule has 0 aliphatic rings. The second-order valence-corrected chi connectivity index (χ2v) is 4.51. The fourth-order valence-corrected chi connectivity index (χ4v) is 1.87. The summed E-state index contributed by atoms with van der Waals surface area (Å²) < 4.78 is 7.50. The van der Waals surface area contributed by atoms with Crippen molar-refractivity contribution in [3.63, 3.8) is 0 Å². The summed E-state index contributed by atoms with van der Waals surface area (Å²) in [7, 11) is 1.90. The number of nitrogens with two attached hydrogens (primary N) is 1. The Balaban J connectivity index is 1.95. The molecule has 0 saturated heterocycles. The number of nitrogens with zero attached hydrogens (tertiary/aromatic N) is 2. The van der Waals surface area contributed by atoms with E-state index >= 15 is 0 Å². The van der Waals surface area contributed by atoms with Crippen LogP contribution in [0.2, 0.25) is 5.02 Å². The fraction of sp³-hybridized carbons (Fsp3) is 0.308. The highest BCUT2D eigenvalue weighted by Crippen LogP contribution is 2.23. The minimum Gasteiger partial charge on any atom is -0.493 e. The van der Waals surface area contributed by atoms with E-state index in [1.807, 2.05) is 31.6 Å². The molecule has 0 aliphatic carbocycles. The number of ether oxygens (including phenoxy) is 1. The smallest absolute Gasteiger partial charge is 0.125 e. The zero-order chi connectivity index (χ0) is 13.0. The molecule has 1 heterocycles. The van der Waals surface area contributed by atoms with Crippen LogP contribution in [-0.2, 0) is 20.0 Å². The van der Waals surface area contributed by atoms with Crippen molar-refractivity contribution in [1.29, 1.82) is 0 Å². The lowest BCUT2D eigenvalue weighted by atomic mass is 10.2. The van der Waals surface area contributed by atoms with Gasteiger partial charge in [0.1, 0.15) is 5.75 Å². The summed E-state index contributed by atoms with van der Waals surface area (Å²) in [6, 6.07) is 5.51. The second kappa shape index (κ2) is 5.89. The lowest BCUT2D eigenvalue weighted by Gasteiger charge is -2.10. The van der Waals surface area contributed by atoms with E-state index in [4.69, 9.17) is 22.1 Å². The molecule has 0 saturated carbocycles. The van der Waals surface area contributed by atoms with E-state index in [9.17, 15) is 0 Å². The molecular formula is C13H16ClN3O. The van der Waals surface area contributed by atoms with Crippen LogP contribution in [0.25, 0.3) is 0 Å². The van der Waals surface area contributed by atoms with Crippen LogP contribution in [0.15, 0.2) is 30.6 Å². The summed E-state index contributed by atoms with van der Waals surface area (Å²) in [4.78, 5) is 0. The molecule has 1 aromatic carbocycles. The van der Waals surface area contributed by atoms with Crippen molar-refractivity contribution in [2.45, 2.75) is 13.0 Å². The van der Waals surface area contributed by atoms with E-state index in [1.165, 1.54) is 0 Å². The average molecular weight is 266 g/mol. The Labute approximate surface area is 111 Å². The maximum Gasteiger partial charge on any atom is 0.125 e. The Morgan fingerprint density at radius 1 is 1.44 bits per heavy atom. The second-order valence-electron chi connectivity index (χ2n) is 4.08. The number of hydrogen-bond acceptors (Lipinski definition) is 3. The van der Waals surface area contributed by atoms with Gasteiger partial charge in [-0.05, 0) is 17.7 Å². The molecule has 0 amide bonds. The number of hydrogen-bond donors (Lipinski definition) is 1. The third-order valence-corrected chi connectivity index (χ3v) is 2.89. The standard InChI is InChI=1S/C13H16ClN3O/c1-17-9-10(8-16-17)4-5-18-13-6-12(14)3-2-11(13)7-15/h2-3,6,8-9H,4-5,7,15H2,1H3. The summed E-state index contributed by atoms with van der Waals surface area (Å²) in [6.07, 6.45) is 4.63. The van der Waals surface area contributed by atoms with E-state index in [-0.39, 0.29) is 0 Å². The summed E-state index contributed by atoms with van der Waals surface area (Å²) in [5, 5.41) is 4.77. The van der Waals surface area contributed by atoms with Gasteiger partial charge in [-0.1, -0.05) is 17.7 Å². The fourth-order valence-electron chi connectivity index (χ4n) is 1.71. The summed E-state index contributed by atoms with van der Waals surface area (Å²) in [6.45, 7) is 1.03. The molecule has 0 bridgehead atoms. The average Bonchev–Trinajstić information content (AvgIpc) is 2.75. The molecule has 0 spiro atoms. The maximum atomic E-state index is 5.94. The van der Waals surface area contributed by atoms with E-state index < -0.39 is 0 Å². The van der Waals surface area contributed by atoms with Crippen molar-refractivity contribution in [2.24, 2.45) is 12.8 Å². The van der Waals surface area contributed by atoms with Gasteiger partial charge in [0, 0.05) is 36.8 Å². The van der Waals surface area contributed by atoms with Crippen molar-refractivity contribution in [1.82, 2.24) is 9.78 Å². The van der Waals surface area contributed by atoms with Crippen LogP contribution in [0.5, 0.6) is 5.75 Å². The van der Waals surface area contributed by atoms with Gasteiger partial charge in [-0.25, -0.2) is 0 Å². The molecule has 0 atom stereocenters. The Morgan fingerprint density at radius 3 is 2.94 bits per heavy atom. The van der Waals surface area contributed by atoms with Crippen LogP contribution in [0.3, 0.4) is 0 Å². The lowest BCUT2D eigenvalue weighted by molar-refractivity contribution is 0.318. The largest absolute Gasteiger partial charge is 0.493 e. The monoisotopic (exact) mass is 265 g/mol. The predicted molar refractivity (Wildman–Crippen MR) is 71.8 cm³/mol. The number of benzene rings is 1. The summed E-state index contributed by atoms with van der Waals surface area (Å²) in [5.74, 6) is 0.758. The normalized spacial score (nSPS) is 10.6. The van der Waals surface area contributed by atoms with Crippen molar-refractivity contribution < 1.29 is 4.74 Å². The Morgan fingerprint density at radius 2 is 2.28 bits per heavy atom. The van der Waals surface area contributed by atoms with Crippen LogP contribution in [-0.4, -0.2) is 16.4 Å². The molecular weight excluding hydrogens is 250 g/mol. The topological polar surface area (TPSA) is 53.1 Å². The SMILES string of the molecule is Cn1cc(CCOc2cc(Cl)ccc2CN)cn1. The number of rotatable bonds is 5. The molecule has 96 valence electrons. The highest BCUT2D eigenvalue weighted by Gasteiger charge is 2.04. The summed E-state index contributed by atoms with van der Waals surface area (Å²) in [5.41, 5.74) is 7.76. The first-order valence-corrected chi connectivity index (χ1v) is 6.15. The highest BCUT2D eigenvalue weighted by molar-refractivity contribution is 6.30. The Kier molecular flexibility index (Phi) is 4.23. The number of halogens is 1. The highest BCUT2D eigenvalue weighted by atomic mass is 35.5. The van der Waals surface area contributed by atoms with E-state index in [2.05, 4.69) is 5.10 Å².